The highest BCUT2D eigenvalue weighted by Crippen LogP contribution is 2.11. The van der Waals surface area contributed by atoms with Crippen LogP contribution in [-0.2, 0) is 4.74 Å². The van der Waals surface area contributed by atoms with Gasteiger partial charge in [0.15, 0.2) is 0 Å². The summed E-state index contributed by atoms with van der Waals surface area (Å²) in [6.07, 6.45) is 1.75. The third-order valence-corrected chi connectivity index (χ3v) is 1.75. The zero-order valence-corrected chi connectivity index (χ0v) is 11.2. The number of rotatable bonds is 6. The van der Waals surface area contributed by atoms with Crippen molar-refractivity contribution in [1.82, 2.24) is 0 Å². The lowest BCUT2D eigenvalue weighted by Crippen LogP contribution is -2.37. The summed E-state index contributed by atoms with van der Waals surface area (Å²) < 4.78 is 4.83. The highest BCUT2D eigenvalue weighted by molar-refractivity contribution is 4.74. The van der Waals surface area contributed by atoms with Gasteiger partial charge < -0.3 is 25.2 Å². The van der Waals surface area contributed by atoms with Crippen molar-refractivity contribution in [3.63, 3.8) is 0 Å². The van der Waals surface area contributed by atoms with E-state index in [4.69, 9.17) is 25.2 Å². The fraction of sp³-hybridized carbons (Fsp3) is 0.833. The van der Waals surface area contributed by atoms with Crippen molar-refractivity contribution in [2.24, 2.45) is 5.41 Å². The predicted octanol–water partition coefficient (Wildman–Crippen LogP) is 0.177. The zero-order valence-electron chi connectivity index (χ0n) is 11.2. The number of ether oxygens (including phenoxy) is 1. The van der Waals surface area contributed by atoms with Gasteiger partial charge in [-0.3, -0.25) is 0 Å². The molecule has 5 nitrogen and oxygen atoms in total. The molecule has 0 unspecified atom stereocenters. The normalized spacial score (nSPS) is 9.59. The summed E-state index contributed by atoms with van der Waals surface area (Å²) in [5, 5.41) is 34.0. The van der Waals surface area contributed by atoms with Crippen LogP contribution < -0.4 is 0 Å². The first-order valence-corrected chi connectivity index (χ1v) is 5.66. The summed E-state index contributed by atoms with van der Waals surface area (Å²) in [5.74, 6) is 0. The van der Waals surface area contributed by atoms with E-state index in [0.29, 0.717) is 0 Å². The fourth-order valence-corrected chi connectivity index (χ4v) is 0.504. The van der Waals surface area contributed by atoms with Crippen LogP contribution in [0.15, 0.2) is 12.7 Å². The monoisotopic (exact) mass is 252 g/mol. The van der Waals surface area contributed by atoms with Gasteiger partial charge in [-0.2, -0.15) is 0 Å². The zero-order chi connectivity index (χ0) is 14.2. The summed E-state index contributed by atoms with van der Waals surface area (Å²) >= 11 is 0. The average molecular weight is 252 g/mol. The van der Waals surface area contributed by atoms with Gasteiger partial charge in [0.2, 0.25) is 0 Å². The van der Waals surface area contributed by atoms with Gasteiger partial charge >= 0.3 is 0 Å². The van der Waals surface area contributed by atoms with Gasteiger partial charge in [-0.25, -0.2) is 0 Å². The van der Waals surface area contributed by atoms with Gasteiger partial charge in [-0.1, -0.05) is 6.08 Å². The van der Waals surface area contributed by atoms with Crippen LogP contribution in [0, 0.1) is 5.41 Å². The molecule has 0 aromatic carbocycles. The quantitative estimate of drug-likeness (QED) is 0.506. The summed E-state index contributed by atoms with van der Waals surface area (Å²) in [5.41, 5.74) is -1.11. The molecule has 0 spiro atoms. The number of aliphatic hydroxyl groups excluding tert-OH is 4. The maximum Gasteiger partial charge on any atom is 0.0627 e. The minimum absolute atomic E-state index is 0.406. The molecular weight excluding hydrogens is 224 g/mol. The molecule has 4 N–H and O–H groups in total. The minimum Gasteiger partial charge on any atom is -0.396 e. The van der Waals surface area contributed by atoms with E-state index < -0.39 is 31.8 Å². The molecule has 0 amide bonds. The Kier molecular flexibility index (Phi) is 23.0. The largest absolute Gasteiger partial charge is 0.396 e. The smallest absolute Gasteiger partial charge is 0.0627 e. The first-order chi connectivity index (χ1) is 8.07. The van der Waals surface area contributed by atoms with Crippen molar-refractivity contribution < 1.29 is 25.2 Å². The Bertz CT molecular complexity index is 115. The van der Waals surface area contributed by atoms with Crippen LogP contribution in [0.4, 0.5) is 0 Å². The highest BCUT2D eigenvalue weighted by Gasteiger charge is 2.26. The summed E-state index contributed by atoms with van der Waals surface area (Å²) in [6.45, 7) is 9.29. The van der Waals surface area contributed by atoms with E-state index >= 15 is 0 Å². The van der Waals surface area contributed by atoms with Crippen molar-refractivity contribution >= 4 is 0 Å². The molecule has 0 bridgehead atoms. The summed E-state index contributed by atoms with van der Waals surface area (Å²) in [7, 11) is 0. The van der Waals surface area contributed by atoms with Gasteiger partial charge in [-0.05, 0) is 20.8 Å². The second-order valence-electron chi connectivity index (χ2n) is 3.32. The maximum atomic E-state index is 8.50. The summed E-state index contributed by atoms with van der Waals surface area (Å²) in [4.78, 5) is 0. The van der Waals surface area contributed by atoms with E-state index in [2.05, 4.69) is 6.58 Å². The summed E-state index contributed by atoms with van der Waals surface area (Å²) in [6, 6.07) is 0. The molecule has 0 radical (unpaired) electrons. The number of allylic oxidation sites excluding steroid dienone is 1. The van der Waals surface area contributed by atoms with E-state index in [-0.39, 0.29) is 0 Å². The minimum atomic E-state index is -1.11. The molecular formula is C12H28O5. The first kappa shape index (κ1) is 21.8. The van der Waals surface area contributed by atoms with E-state index in [1.807, 2.05) is 20.8 Å². The van der Waals surface area contributed by atoms with Crippen LogP contribution in [0.2, 0.25) is 0 Å². The maximum absolute atomic E-state index is 8.50. The lowest BCUT2D eigenvalue weighted by Gasteiger charge is -2.23. The van der Waals surface area contributed by atoms with Gasteiger partial charge in [0, 0.05) is 13.2 Å². The molecule has 0 aliphatic heterocycles. The molecule has 0 rings (SSSR count). The van der Waals surface area contributed by atoms with Gasteiger partial charge in [0.25, 0.3) is 0 Å². The van der Waals surface area contributed by atoms with E-state index in [0.717, 1.165) is 13.2 Å². The van der Waals surface area contributed by atoms with Crippen LogP contribution in [0.5, 0.6) is 0 Å². The van der Waals surface area contributed by atoms with Crippen LogP contribution in [0.3, 0.4) is 0 Å². The Labute approximate surface area is 104 Å². The Morgan fingerprint density at radius 2 is 1.18 bits per heavy atom. The second kappa shape index (κ2) is 17.9. The molecule has 0 saturated carbocycles. The fourth-order valence-electron chi connectivity index (χ4n) is 0.504. The molecule has 0 aliphatic carbocycles. The molecule has 0 atom stereocenters. The molecule has 0 heterocycles. The Morgan fingerprint density at radius 1 is 0.941 bits per heavy atom. The lowest BCUT2D eigenvalue weighted by molar-refractivity contribution is -0.0328. The second-order valence-corrected chi connectivity index (χ2v) is 3.32. The van der Waals surface area contributed by atoms with Crippen molar-refractivity contribution in [1.29, 1.82) is 0 Å². The SMILES string of the molecule is C=CC.CCOCC.OCC(CO)(CO)CO. The van der Waals surface area contributed by atoms with Crippen molar-refractivity contribution in [3.8, 4) is 0 Å². The van der Waals surface area contributed by atoms with Gasteiger partial charge in [0.1, 0.15) is 0 Å². The average Bonchev–Trinajstić information content (AvgIpc) is 2.36. The molecule has 106 valence electrons. The lowest BCUT2D eigenvalue weighted by atomic mass is 9.93. The predicted molar refractivity (Wildman–Crippen MR) is 68.8 cm³/mol. The standard InChI is InChI=1S/C5H12O4.C4H10O.C3H6/c6-1-5(2-7,3-8)4-9;1-3-5-4-2;1-3-2/h6-9H,1-4H2;3-4H2,1-2H3;3H,1H2,2H3. The molecule has 0 aliphatic rings. The Hall–Kier alpha value is -0.460. The molecule has 5 heteroatoms. The van der Waals surface area contributed by atoms with Gasteiger partial charge in [0.05, 0.1) is 31.8 Å². The van der Waals surface area contributed by atoms with Crippen molar-refractivity contribution in [2.75, 3.05) is 39.6 Å². The topological polar surface area (TPSA) is 90.2 Å². The third kappa shape index (κ3) is 15.5. The van der Waals surface area contributed by atoms with Crippen LogP contribution in [0.25, 0.3) is 0 Å². The molecule has 0 saturated heterocycles. The van der Waals surface area contributed by atoms with E-state index in [1.54, 1.807) is 6.08 Å². The number of aliphatic hydroxyl groups is 4. The molecule has 0 fully saturated rings. The molecule has 17 heavy (non-hydrogen) atoms. The first-order valence-electron chi connectivity index (χ1n) is 5.66. The van der Waals surface area contributed by atoms with E-state index in [1.165, 1.54) is 0 Å². The number of hydrogen-bond donors (Lipinski definition) is 4. The highest BCUT2D eigenvalue weighted by atomic mass is 16.5. The van der Waals surface area contributed by atoms with Crippen molar-refractivity contribution in [2.45, 2.75) is 20.8 Å². The molecule has 0 aromatic heterocycles. The number of hydrogen-bond acceptors (Lipinski definition) is 5. The van der Waals surface area contributed by atoms with Crippen molar-refractivity contribution in [3.05, 3.63) is 12.7 Å². The van der Waals surface area contributed by atoms with Crippen LogP contribution >= 0.6 is 0 Å². The Morgan fingerprint density at radius 3 is 1.18 bits per heavy atom. The van der Waals surface area contributed by atoms with Gasteiger partial charge in [-0.15, -0.1) is 6.58 Å². The van der Waals surface area contributed by atoms with E-state index in [9.17, 15) is 0 Å². The van der Waals surface area contributed by atoms with Crippen LogP contribution in [0.1, 0.15) is 20.8 Å². The van der Waals surface area contributed by atoms with Crippen LogP contribution in [-0.4, -0.2) is 60.1 Å². The third-order valence-electron chi connectivity index (χ3n) is 1.75. The Balaban J connectivity index is -0.000000207. The molecule has 0 aromatic rings.